The number of anilines is 1. The molecule has 2 heterocycles. The molecule has 0 radical (unpaired) electrons. The molecule has 0 saturated carbocycles. The molecule has 0 bridgehead atoms. The van der Waals surface area contributed by atoms with Gasteiger partial charge in [0.2, 0.25) is 0 Å². The van der Waals surface area contributed by atoms with E-state index in [0.29, 0.717) is 24.7 Å². The normalized spacial score (nSPS) is 14.9. The highest BCUT2D eigenvalue weighted by atomic mass is 16.5. The fourth-order valence-corrected chi connectivity index (χ4v) is 1.45. The summed E-state index contributed by atoms with van der Waals surface area (Å²) >= 11 is 0. The SMILES string of the molecule is CC(C)(C(=O)O)c1nc(N)c2c(n1)COC2. The molecule has 0 amide bonds. The average Bonchev–Trinajstić information content (AvgIpc) is 2.65. The van der Waals surface area contributed by atoms with Crippen LogP contribution >= 0.6 is 0 Å². The summed E-state index contributed by atoms with van der Waals surface area (Å²) in [4.78, 5) is 19.3. The van der Waals surface area contributed by atoms with Crippen molar-refractivity contribution in [2.75, 3.05) is 5.73 Å². The van der Waals surface area contributed by atoms with Crippen LogP contribution in [0.5, 0.6) is 0 Å². The molecule has 0 fully saturated rings. The number of hydrogen-bond donors (Lipinski definition) is 2. The third kappa shape index (κ3) is 1.51. The van der Waals surface area contributed by atoms with E-state index >= 15 is 0 Å². The second-order valence-electron chi connectivity index (χ2n) is 4.28. The summed E-state index contributed by atoms with van der Waals surface area (Å²) in [6.07, 6.45) is 0. The Hall–Kier alpha value is -1.69. The van der Waals surface area contributed by atoms with Gasteiger partial charge < -0.3 is 15.6 Å². The van der Waals surface area contributed by atoms with Crippen molar-refractivity contribution in [3.63, 3.8) is 0 Å². The third-order valence-electron chi connectivity index (χ3n) is 2.70. The van der Waals surface area contributed by atoms with E-state index in [9.17, 15) is 4.79 Å². The highest BCUT2D eigenvalue weighted by molar-refractivity contribution is 5.79. The minimum absolute atomic E-state index is 0.224. The molecule has 0 atom stereocenters. The van der Waals surface area contributed by atoms with Gasteiger partial charge in [-0.3, -0.25) is 4.79 Å². The fraction of sp³-hybridized carbons (Fsp3) is 0.500. The van der Waals surface area contributed by atoms with Crippen LogP contribution in [-0.2, 0) is 28.2 Å². The Kier molecular flexibility index (Phi) is 2.31. The first-order chi connectivity index (χ1) is 7.43. The highest BCUT2D eigenvalue weighted by Gasteiger charge is 2.34. The maximum Gasteiger partial charge on any atom is 0.316 e. The zero-order valence-corrected chi connectivity index (χ0v) is 9.15. The monoisotopic (exact) mass is 223 g/mol. The Bertz CT molecular complexity index is 457. The molecule has 0 saturated heterocycles. The van der Waals surface area contributed by atoms with Crippen LogP contribution in [0, 0.1) is 0 Å². The summed E-state index contributed by atoms with van der Waals surface area (Å²) in [6, 6.07) is 0. The number of rotatable bonds is 2. The molecule has 16 heavy (non-hydrogen) atoms. The van der Waals surface area contributed by atoms with Crippen molar-refractivity contribution in [2.45, 2.75) is 32.5 Å². The molecule has 6 nitrogen and oxygen atoms in total. The number of hydrogen-bond acceptors (Lipinski definition) is 5. The van der Waals surface area contributed by atoms with Crippen LogP contribution in [0.1, 0.15) is 30.9 Å². The molecule has 0 unspecified atom stereocenters. The van der Waals surface area contributed by atoms with E-state index in [-0.39, 0.29) is 5.82 Å². The zero-order valence-electron chi connectivity index (χ0n) is 9.15. The van der Waals surface area contributed by atoms with Gasteiger partial charge in [0.15, 0.2) is 0 Å². The molecule has 1 aliphatic heterocycles. The summed E-state index contributed by atoms with van der Waals surface area (Å²) < 4.78 is 5.19. The van der Waals surface area contributed by atoms with Gasteiger partial charge in [0.1, 0.15) is 17.1 Å². The van der Waals surface area contributed by atoms with Crippen molar-refractivity contribution < 1.29 is 14.6 Å². The first-order valence-electron chi connectivity index (χ1n) is 4.90. The second-order valence-corrected chi connectivity index (χ2v) is 4.28. The Morgan fingerprint density at radius 2 is 2.12 bits per heavy atom. The average molecular weight is 223 g/mol. The Morgan fingerprint density at radius 3 is 2.75 bits per heavy atom. The Balaban J connectivity index is 2.52. The first-order valence-corrected chi connectivity index (χ1v) is 4.90. The first kappa shape index (κ1) is 10.8. The number of aliphatic carboxylic acids is 1. The van der Waals surface area contributed by atoms with Crippen molar-refractivity contribution in [1.82, 2.24) is 9.97 Å². The minimum Gasteiger partial charge on any atom is -0.481 e. The molecule has 3 N–H and O–H groups in total. The number of carboxylic acid groups (broad SMARTS) is 1. The summed E-state index contributed by atoms with van der Waals surface area (Å²) in [7, 11) is 0. The van der Waals surface area contributed by atoms with Crippen molar-refractivity contribution in [3.05, 3.63) is 17.1 Å². The van der Waals surface area contributed by atoms with Crippen LogP contribution in [0.25, 0.3) is 0 Å². The van der Waals surface area contributed by atoms with Crippen molar-refractivity contribution in [1.29, 1.82) is 0 Å². The lowest BCUT2D eigenvalue weighted by Gasteiger charge is -2.18. The number of ether oxygens (including phenoxy) is 1. The van der Waals surface area contributed by atoms with Gasteiger partial charge in [-0.15, -0.1) is 0 Å². The topological polar surface area (TPSA) is 98.3 Å². The summed E-state index contributed by atoms with van der Waals surface area (Å²) in [5, 5.41) is 9.08. The molecule has 1 aromatic rings. The number of nitrogens with two attached hydrogens (primary N) is 1. The van der Waals surface area contributed by atoms with Gasteiger partial charge >= 0.3 is 5.97 Å². The lowest BCUT2D eigenvalue weighted by Crippen LogP contribution is -2.31. The van der Waals surface area contributed by atoms with Gasteiger partial charge in [-0.2, -0.15) is 0 Å². The van der Waals surface area contributed by atoms with Crippen LogP contribution in [0.3, 0.4) is 0 Å². The molecule has 1 aliphatic rings. The zero-order chi connectivity index (χ0) is 11.9. The van der Waals surface area contributed by atoms with Crippen LogP contribution in [0.2, 0.25) is 0 Å². The van der Waals surface area contributed by atoms with Crippen molar-refractivity contribution in [2.24, 2.45) is 0 Å². The maximum atomic E-state index is 11.1. The predicted molar refractivity (Wildman–Crippen MR) is 55.6 cm³/mol. The summed E-state index contributed by atoms with van der Waals surface area (Å²) in [5.74, 6) is -0.445. The van der Waals surface area contributed by atoms with E-state index in [1.807, 2.05) is 0 Å². The van der Waals surface area contributed by atoms with Gasteiger partial charge in [0.25, 0.3) is 0 Å². The smallest absolute Gasteiger partial charge is 0.316 e. The van der Waals surface area contributed by atoms with E-state index in [4.69, 9.17) is 15.6 Å². The third-order valence-corrected chi connectivity index (χ3v) is 2.70. The molecule has 1 aromatic heterocycles. The Labute approximate surface area is 92.5 Å². The van der Waals surface area contributed by atoms with Gasteiger partial charge in [0, 0.05) is 5.56 Å². The molecular weight excluding hydrogens is 210 g/mol. The van der Waals surface area contributed by atoms with Crippen LogP contribution in [0.15, 0.2) is 0 Å². The molecule has 6 heteroatoms. The maximum absolute atomic E-state index is 11.1. The van der Waals surface area contributed by atoms with E-state index in [0.717, 1.165) is 5.56 Å². The van der Waals surface area contributed by atoms with Gasteiger partial charge in [-0.25, -0.2) is 9.97 Å². The molecule has 86 valence electrons. The number of carbonyl (C=O) groups is 1. The van der Waals surface area contributed by atoms with E-state index < -0.39 is 11.4 Å². The molecule has 0 spiro atoms. The predicted octanol–water partition coefficient (Wildman–Crippen LogP) is 0.451. The van der Waals surface area contributed by atoms with E-state index in [1.165, 1.54) is 0 Å². The van der Waals surface area contributed by atoms with E-state index in [1.54, 1.807) is 13.8 Å². The number of nitrogens with zero attached hydrogens (tertiary/aromatic N) is 2. The van der Waals surface area contributed by atoms with Crippen LogP contribution in [0.4, 0.5) is 5.82 Å². The minimum atomic E-state index is -1.15. The van der Waals surface area contributed by atoms with E-state index in [2.05, 4.69) is 9.97 Å². The molecular formula is C10H13N3O3. The quantitative estimate of drug-likeness (QED) is 0.755. The lowest BCUT2D eigenvalue weighted by molar-refractivity contribution is -0.142. The number of fused-ring (bicyclic) bond motifs is 1. The summed E-state index contributed by atoms with van der Waals surface area (Å²) in [5.41, 5.74) is 6.06. The highest BCUT2D eigenvalue weighted by Crippen LogP contribution is 2.27. The standard InChI is InChI=1S/C10H13N3O3/c1-10(2,9(14)15)8-12-6-4-16-3-5(6)7(11)13-8/h3-4H2,1-2H3,(H,14,15)(H2,11,12,13). The van der Waals surface area contributed by atoms with Gasteiger partial charge in [-0.1, -0.05) is 0 Å². The lowest BCUT2D eigenvalue weighted by atomic mass is 9.92. The second kappa shape index (κ2) is 3.41. The van der Waals surface area contributed by atoms with Crippen molar-refractivity contribution >= 4 is 11.8 Å². The van der Waals surface area contributed by atoms with Crippen molar-refractivity contribution in [3.8, 4) is 0 Å². The molecule has 2 rings (SSSR count). The molecule has 0 aliphatic carbocycles. The van der Waals surface area contributed by atoms with Gasteiger partial charge in [0.05, 0.1) is 18.9 Å². The number of nitrogen functional groups attached to an aromatic ring is 1. The van der Waals surface area contributed by atoms with Crippen LogP contribution < -0.4 is 5.73 Å². The van der Waals surface area contributed by atoms with Crippen LogP contribution in [-0.4, -0.2) is 21.0 Å². The molecule has 0 aromatic carbocycles. The number of carboxylic acids is 1. The largest absolute Gasteiger partial charge is 0.481 e. The van der Waals surface area contributed by atoms with Gasteiger partial charge in [-0.05, 0) is 13.8 Å². The Morgan fingerprint density at radius 1 is 1.44 bits per heavy atom. The number of aromatic nitrogens is 2. The fourth-order valence-electron chi connectivity index (χ4n) is 1.45. The summed E-state index contributed by atoms with van der Waals surface area (Å²) in [6.45, 7) is 3.86.